The van der Waals surface area contributed by atoms with E-state index in [-0.39, 0.29) is 0 Å². The van der Waals surface area contributed by atoms with Crippen LogP contribution in [0.2, 0.25) is 0 Å². The van der Waals surface area contributed by atoms with E-state index in [0.29, 0.717) is 13.2 Å². The number of rotatable bonds is 1. The summed E-state index contributed by atoms with van der Waals surface area (Å²) < 4.78 is 5.00. The van der Waals surface area contributed by atoms with Crippen molar-refractivity contribution in [3.63, 3.8) is 0 Å². The normalized spacial score (nSPS) is 14.6. The molecule has 1 aliphatic heterocycles. The van der Waals surface area contributed by atoms with E-state index in [1.165, 1.54) is 7.05 Å². The largest absolute Gasteiger partial charge is 0.378 e. The summed E-state index contributed by atoms with van der Waals surface area (Å²) in [6.07, 6.45) is 0.864. The van der Waals surface area contributed by atoms with Gasteiger partial charge in [-0.25, -0.2) is 0 Å². The van der Waals surface area contributed by atoms with Crippen molar-refractivity contribution in [2.45, 2.75) is 6.92 Å². The SMILES string of the molecule is CCN.CN.O=CN1CCOCC1. The molecule has 1 amide bonds. The van der Waals surface area contributed by atoms with Gasteiger partial charge in [-0.15, -0.1) is 0 Å². The van der Waals surface area contributed by atoms with Crippen molar-refractivity contribution in [1.82, 2.24) is 4.90 Å². The van der Waals surface area contributed by atoms with Crippen LogP contribution in [0.4, 0.5) is 0 Å². The fourth-order valence-corrected chi connectivity index (χ4v) is 0.683. The molecule has 4 N–H and O–H groups in total. The molecule has 1 heterocycles. The van der Waals surface area contributed by atoms with Crippen molar-refractivity contribution in [3.8, 4) is 0 Å². The molecule has 1 rings (SSSR count). The highest BCUT2D eigenvalue weighted by Crippen LogP contribution is 1.90. The third-order valence-electron chi connectivity index (χ3n) is 1.19. The molecule has 80 valence electrons. The second-order valence-electron chi connectivity index (χ2n) is 2.16. The van der Waals surface area contributed by atoms with E-state index in [1.807, 2.05) is 6.92 Å². The molecular formula is C8H21N3O2. The summed E-state index contributed by atoms with van der Waals surface area (Å²) in [6, 6.07) is 0. The molecule has 0 saturated carbocycles. The first-order valence-corrected chi connectivity index (χ1v) is 4.40. The van der Waals surface area contributed by atoms with Crippen LogP contribution in [0.5, 0.6) is 0 Å². The van der Waals surface area contributed by atoms with Gasteiger partial charge in [-0.3, -0.25) is 4.79 Å². The molecule has 1 saturated heterocycles. The Balaban J connectivity index is 0. The Kier molecular flexibility index (Phi) is 15.9. The van der Waals surface area contributed by atoms with Gasteiger partial charge < -0.3 is 21.1 Å². The molecule has 0 unspecified atom stereocenters. The van der Waals surface area contributed by atoms with Crippen LogP contribution in [0.25, 0.3) is 0 Å². The molecular weight excluding hydrogens is 170 g/mol. The number of ether oxygens (including phenoxy) is 1. The number of carbonyl (C=O) groups is 1. The molecule has 0 aromatic rings. The van der Waals surface area contributed by atoms with Crippen molar-refractivity contribution < 1.29 is 9.53 Å². The van der Waals surface area contributed by atoms with E-state index in [4.69, 9.17) is 10.5 Å². The predicted molar refractivity (Wildman–Crippen MR) is 53.3 cm³/mol. The van der Waals surface area contributed by atoms with Crippen molar-refractivity contribution in [2.24, 2.45) is 11.5 Å². The van der Waals surface area contributed by atoms with Gasteiger partial charge in [0.15, 0.2) is 0 Å². The third kappa shape index (κ3) is 11.3. The maximum Gasteiger partial charge on any atom is 0.209 e. The molecule has 5 heteroatoms. The summed E-state index contributed by atoms with van der Waals surface area (Å²) >= 11 is 0. The van der Waals surface area contributed by atoms with E-state index in [9.17, 15) is 4.79 Å². The number of carbonyl (C=O) groups excluding carboxylic acids is 1. The topological polar surface area (TPSA) is 81.6 Å². The summed E-state index contributed by atoms with van der Waals surface area (Å²) in [5.41, 5.74) is 9.35. The van der Waals surface area contributed by atoms with Crippen molar-refractivity contribution >= 4 is 6.41 Å². The lowest BCUT2D eigenvalue weighted by molar-refractivity contribution is -0.121. The molecule has 1 aliphatic rings. The molecule has 0 radical (unpaired) electrons. The maximum absolute atomic E-state index is 10.0. The molecule has 13 heavy (non-hydrogen) atoms. The van der Waals surface area contributed by atoms with Crippen LogP contribution in [0.3, 0.4) is 0 Å². The molecule has 0 aromatic carbocycles. The van der Waals surface area contributed by atoms with Crippen molar-refractivity contribution in [2.75, 3.05) is 39.9 Å². The monoisotopic (exact) mass is 191 g/mol. The average molecular weight is 191 g/mol. The zero-order valence-corrected chi connectivity index (χ0v) is 8.53. The fourth-order valence-electron chi connectivity index (χ4n) is 0.683. The van der Waals surface area contributed by atoms with Crippen LogP contribution >= 0.6 is 0 Å². The van der Waals surface area contributed by atoms with Crippen LogP contribution in [-0.4, -0.2) is 51.2 Å². The van der Waals surface area contributed by atoms with Gasteiger partial charge in [0.25, 0.3) is 0 Å². The Morgan fingerprint density at radius 2 is 1.77 bits per heavy atom. The molecule has 1 fully saturated rings. The van der Waals surface area contributed by atoms with Crippen molar-refractivity contribution in [3.05, 3.63) is 0 Å². The summed E-state index contributed by atoms with van der Waals surface area (Å²) in [5.74, 6) is 0. The first-order valence-electron chi connectivity index (χ1n) is 4.40. The minimum absolute atomic E-state index is 0.693. The standard InChI is InChI=1S/C5H9NO2.C2H7N.CH5N/c7-5-6-1-3-8-4-2-6;1-2-3;1-2/h5H,1-4H2;2-3H2,1H3;2H2,1H3. The molecule has 0 atom stereocenters. The Bertz CT molecular complexity index is 95.4. The van der Waals surface area contributed by atoms with Crippen LogP contribution in [-0.2, 0) is 9.53 Å². The van der Waals surface area contributed by atoms with Crippen LogP contribution < -0.4 is 11.5 Å². The zero-order valence-electron chi connectivity index (χ0n) is 8.53. The number of hydrogen-bond acceptors (Lipinski definition) is 4. The van der Waals surface area contributed by atoms with Crippen LogP contribution in [0, 0.1) is 0 Å². The van der Waals surface area contributed by atoms with Crippen LogP contribution in [0.1, 0.15) is 6.92 Å². The second-order valence-corrected chi connectivity index (χ2v) is 2.16. The Hall–Kier alpha value is -0.650. The third-order valence-corrected chi connectivity index (χ3v) is 1.19. The highest BCUT2D eigenvalue weighted by molar-refractivity contribution is 5.46. The lowest BCUT2D eigenvalue weighted by Crippen LogP contribution is -2.34. The van der Waals surface area contributed by atoms with Gasteiger partial charge in [0.05, 0.1) is 13.2 Å². The summed E-state index contributed by atoms with van der Waals surface area (Å²) in [6.45, 7) is 5.55. The minimum Gasteiger partial charge on any atom is -0.378 e. The van der Waals surface area contributed by atoms with E-state index in [1.54, 1.807) is 4.90 Å². The minimum atomic E-state index is 0.693. The lowest BCUT2D eigenvalue weighted by Gasteiger charge is -2.21. The Morgan fingerprint density at radius 1 is 1.38 bits per heavy atom. The summed E-state index contributed by atoms with van der Waals surface area (Å²) in [7, 11) is 1.50. The van der Waals surface area contributed by atoms with Gasteiger partial charge in [-0.1, -0.05) is 6.92 Å². The van der Waals surface area contributed by atoms with Gasteiger partial charge in [-0.2, -0.15) is 0 Å². The van der Waals surface area contributed by atoms with E-state index in [2.05, 4.69) is 5.73 Å². The number of morpholine rings is 1. The smallest absolute Gasteiger partial charge is 0.209 e. The highest BCUT2D eigenvalue weighted by Gasteiger charge is 2.05. The Labute approximate surface area is 80.0 Å². The quantitative estimate of drug-likeness (QED) is 0.522. The number of nitrogens with zero attached hydrogens (tertiary/aromatic N) is 1. The van der Waals surface area contributed by atoms with Gasteiger partial charge in [-0.05, 0) is 13.6 Å². The predicted octanol–water partition coefficient (Wildman–Crippen LogP) is -0.985. The van der Waals surface area contributed by atoms with E-state index < -0.39 is 0 Å². The van der Waals surface area contributed by atoms with Gasteiger partial charge >= 0.3 is 0 Å². The van der Waals surface area contributed by atoms with E-state index in [0.717, 1.165) is 26.0 Å². The first-order chi connectivity index (χ1) is 6.35. The lowest BCUT2D eigenvalue weighted by atomic mass is 10.5. The Morgan fingerprint density at radius 3 is 2.00 bits per heavy atom. The van der Waals surface area contributed by atoms with Gasteiger partial charge in [0, 0.05) is 13.1 Å². The fraction of sp³-hybridized carbons (Fsp3) is 0.875. The highest BCUT2D eigenvalue weighted by atomic mass is 16.5. The maximum atomic E-state index is 10.0. The summed E-state index contributed by atoms with van der Waals surface area (Å²) in [5, 5.41) is 0. The van der Waals surface area contributed by atoms with Crippen LogP contribution in [0.15, 0.2) is 0 Å². The zero-order chi connectivity index (χ0) is 10.5. The molecule has 0 aromatic heterocycles. The van der Waals surface area contributed by atoms with Gasteiger partial charge in [0.1, 0.15) is 0 Å². The average Bonchev–Trinajstić information content (AvgIpc) is 2.23. The van der Waals surface area contributed by atoms with Gasteiger partial charge in [0.2, 0.25) is 6.41 Å². The summed E-state index contributed by atoms with van der Waals surface area (Å²) in [4.78, 5) is 11.7. The van der Waals surface area contributed by atoms with Crippen molar-refractivity contribution in [1.29, 1.82) is 0 Å². The second kappa shape index (κ2) is 13.9. The van der Waals surface area contributed by atoms with E-state index >= 15 is 0 Å². The molecule has 0 spiro atoms. The number of nitrogens with two attached hydrogens (primary N) is 2. The number of hydrogen-bond donors (Lipinski definition) is 2. The number of amides is 1. The molecule has 5 nitrogen and oxygen atoms in total. The first kappa shape index (κ1) is 14.9. The molecule has 0 aliphatic carbocycles. The molecule has 0 bridgehead atoms.